The largest absolute Gasteiger partial charge is 0.480 e. The molecular formula is C14H20BrNO2. The van der Waals surface area contributed by atoms with Gasteiger partial charge in [-0.05, 0) is 37.5 Å². The van der Waals surface area contributed by atoms with E-state index < -0.39 is 5.97 Å². The molecule has 0 aliphatic rings. The molecule has 1 rings (SSSR count). The number of carboxylic acid groups (broad SMARTS) is 1. The van der Waals surface area contributed by atoms with Gasteiger partial charge in [-0.2, -0.15) is 0 Å². The van der Waals surface area contributed by atoms with Crippen LogP contribution in [0.4, 0.5) is 0 Å². The van der Waals surface area contributed by atoms with E-state index in [0.717, 1.165) is 16.5 Å². The van der Waals surface area contributed by atoms with Crippen molar-refractivity contribution < 1.29 is 9.90 Å². The van der Waals surface area contributed by atoms with Crippen molar-refractivity contribution in [3.8, 4) is 0 Å². The summed E-state index contributed by atoms with van der Waals surface area (Å²) in [6.07, 6.45) is 0.941. The predicted octanol–water partition coefficient (Wildman–Crippen LogP) is 3.44. The van der Waals surface area contributed by atoms with Gasteiger partial charge >= 0.3 is 5.97 Å². The molecule has 0 radical (unpaired) electrons. The monoisotopic (exact) mass is 313 g/mol. The lowest BCUT2D eigenvalue weighted by atomic mass is 10.1. The summed E-state index contributed by atoms with van der Waals surface area (Å²) in [7, 11) is 0. The fourth-order valence-electron chi connectivity index (χ4n) is 1.80. The Morgan fingerprint density at radius 2 is 2.17 bits per heavy atom. The highest BCUT2D eigenvalue weighted by atomic mass is 79.9. The fraction of sp³-hybridized carbons (Fsp3) is 0.500. The second-order valence-electron chi connectivity index (χ2n) is 4.65. The van der Waals surface area contributed by atoms with Crippen LogP contribution in [0.15, 0.2) is 22.7 Å². The molecule has 0 amide bonds. The minimum Gasteiger partial charge on any atom is -0.480 e. The summed E-state index contributed by atoms with van der Waals surface area (Å²) in [6, 6.07) is 6.42. The van der Waals surface area contributed by atoms with E-state index in [-0.39, 0.29) is 12.6 Å². The molecule has 0 spiro atoms. The molecular weight excluding hydrogens is 294 g/mol. The van der Waals surface area contributed by atoms with Crippen molar-refractivity contribution >= 4 is 21.9 Å². The van der Waals surface area contributed by atoms with Crippen molar-refractivity contribution in [3.63, 3.8) is 0 Å². The number of hydrogen-bond acceptors (Lipinski definition) is 2. The van der Waals surface area contributed by atoms with Gasteiger partial charge in [-0.1, -0.05) is 35.0 Å². The van der Waals surface area contributed by atoms with E-state index in [9.17, 15) is 4.79 Å². The fourth-order valence-corrected chi connectivity index (χ4v) is 2.42. The lowest BCUT2D eigenvalue weighted by molar-refractivity contribution is -0.139. The number of aryl methyl sites for hydroxylation is 1. The summed E-state index contributed by atoms with van der Waals surface area (Å²) >= 11 is 3.54. The molecule has 0 fully saturated rings. The van der Waals surface area contributed by atoms with Crippen LogP contribution < -0.4 is 0 Å². The van der Waals surface area contributed by atoms with Gasteiger partial charge in [0.1, 0.15) is 0 Å². The van der Waals surface area contributed by atoms with Crippen LogP contribution in [-0.2, 0) is 11.3 Å². The van der Waals surface area contributed by atoms with Crippen molar-refractivity contribution in [2.75, 3.05) is 6.54 Å². The number of rotatable bonds is 6. The lowest BCUT2D eigenvalue weighted by Gasteiger charge is -2.27. The predicted molar refractivity (Wildman–Crippen MR) is 76.7 cm³/mol. The van der Waals surface area contributed by atoms with E-state index in [4.69, 9.17) is 5.11 Å². The van der Waals surface area contributed by atoms with Crippen molar-refractivity contribution in [3.05, 3.63) is 33.8 Å². The first kappa shape index (κ1) is 15.2. The topological polar surface area (TPSA) is 40.5 Å². The molecule has 0 aromatic heterocycles. The van der Waals surface area contributed by atoms with E-state index in [1.54, 1.807) is 0 Å². The van der Waals surface area contributed by atoms with Gasteiger partial charge in [-0.3, -0.25) is 9.69 Å². The Balaban J connectivity index is 2.85. The smallest absolute Gasteiger partial charge is 0.317 e. The summed E-state index contributed by atoms with van der Waals surface area (Å²) in [5, 5.41) is 8.97. The number of halogens is 1. The molecule has 1 N–H and O–H groups in total. The molecule has 4 heteroatoms. The quantitative estimate of drug-likeness (QED) is 0.874. The van der Waals surface area contributed by atoms with Crippen LogP contribution in [0, 0.1) is 6.92 Å². The second kappa shape index (κ2) is 6.90. The zero-order valence-corrected chi connectivity index (χ0v) is 12.7. The Morgan fingerprint density at radius 1 is 1.50 bits per heavy atom. The first-order chi connectivity index (χ1) is 8.43. The molecule has 1 aromatic carbocycles. The molecule has 100 valence electrons. The van der Waals surface area contributed by atoms with Gasteiger partial charge in [0.2, 0.25) is 0 Å². The Labute approximate surface area is 117 Å². The minimum atomic E-state index is -0.779. The normalized spacial score (nSPS) is 12.7. The molecule has 0 saturated carbocycles. The minimum absolute atomic E-state index is 0.0787. The zero-order chi connectivity index (χ0) is 13.7. The summed E-state index contributed by atoms with van der Waals surface area (Å²) < 4.78 is 1.04. The number of carboxylic acids is 1. The number of carbonyl (C=O) groups is 1. The van der Waals surface area contributed by atoms with Gasteiger partial charge < -0.3 is 5.11 Å². The number of nitrogens with zero attached hydrogens (tertiary/aromatic N) is 1. The summed E-state index contributed by atoms with van der Waals surface area (Å²) in [6.45, 7) is 6.91. The van der Waals surface area contributed by atoms with Crippen molar-refractivity contribution in [2.45, 2.75) is 39.8 Å². The van der Waals surface area contributed by atoms with Crippen LogP contribution in [0.2, 0.25) is 0 Å². The molecule has 0 aliphatic carbocycles. The van der Waals surface area contributed by atoms with Crippen molar-refractivity contribution in [2.24, 2.45) is 0 Å². The molecule has 18 heavy (non-hydrogen) atoms. The molecule has 1 atom stereocenters. The number of benzene rings is 1. The molecule has 1 aromatic rings. The van der Waals surface area contributed by atoms with E-state index in [2.05, 4.69) is 48.0 Å². The Bertz CT molecular complexity index is 420. The van der Waals surface area contributed by atoms with Crippen molar-refractivity contribution in [1.29, 1.82) is 0 Å². The maximum atomic E-state index is 10.9. The van der Waals surface area contributed by atoms with Crippen LogP contribution in [0.3, 0.4) is 0 Å². The maximum absolute atomic E-state index is 10.9. The van der Waals surface area contributed by atoms with Crippen molar-refractivity contribution in [1.82, 2.24) is 4.90 Å². The Morgan fingerprint density at radius 3 is 2.67 bits per heavy atom. The Hall–Kier alpha value is -0.870. The van der Waals surface area contributed by atoms with Gasteiger partial charge in [-0.15, -0.1) is 0 Å². The van der Waals surface area contributed by atoms with Crippen LogP contribution >= 0.6 is 15.9 Å². The highest BCUT2D eigenvalue weighted by Crippen LogP contribution is 2.21. The number of hydrogen-bond donors (Lipinski definition) is 1. The summed E-state index contributed by atoms with van der Waals surface area (Å²) in [4.78, 5) is 12.9. The summed E-state index contributed by atoms with van der Waals surface area (Å²) in [5.74, 6) is -0.779. The van der Waals surface area contributed by atoms with Crippen LogP contribution in [0.1, 0.15) is 31.4 Å². The SMILES string of the molecule is CCC(C)N(CC(=O)O)Cc1ccc(C)cc1Br. The Kier molecular flexibility index (Phi) is 5.82. The summed E-state index contributed by atoms with van der Waals surface area (Å²) in [5.41, 5.74) is 2.32. The molecule has 0 heterocycles. The van der Waals surface area contributed by atoms with Gasteiger partial charge in [-0.25, -0.2) is 0 Å². The van der Waals surface area contributed by atoms with Gasteiger partial charge in [0.25, 0.3) is 0 Å². The van der Waals surface area contributed by atoms with Gasteiger partial charge in [0, 0.05) is 17.1 Å². The highest BCUT2D eigenvalue weighted by Gasteiger charge is 2.16. The standard InChI is InChI=1S/C14H20BrNO2/c1-4-11(3)16(9-14(17)18)8-12-6-5-10(2)7-13(12)15/h5-7,11H,4,8-9H2,1-3H3,(H,17,18). The molecule has 0 saturated heterocycles. The third kappa shape index (κ3) is 4.42. The molecule has 3 nitrogen and oxygen atoms in total. The number of aliphatic carboxylic acids is 1. The van der Waals surface area contributed by atoms with Crippen LogP contribution in [0.25, 0.3) is 0 Å². The van der Waals surface area contributed by atoms with Crippen LogP contribution in [0.5, 0.6) is 0 Å². The van der Waals surface area contributed by atoms with E-state index >= 15 is 0 Å². The second-order valence-corrected chi connectivity index (χ2v) is 5.51. The third-order valence-electron chi connectivity index (χ3n) is 3.13. The lowest BCUT2D eigenvalue weighted by Crippen LogP contribution is -2.36. The molecule has 1 unspecified atom stereocenters. The molecule has 0 aliphatic heterocycles. The first-order valence-electron chi connectivity index (χ1n) is 6.15. The highest BCUT2D eigenvalue weighted by molar-refractivity contribution is 9.10. The maximum Gasteiger partial charge on any atom is 0.317 e. The van der Waals surface area contributed by atoms with E-state index in [1.165, 1.54) is 5.56 Å². The average molecular weight is 314 g/mol. The molecule has 0 bridgehead atoms. The third-order valence-corrected chi connectivity index (χ3v) is 3.87. The first-order valence-corrected chi connectivity index (χ1v) is 6.94. The average Bonchev–Trinajstić information content (AvgIpc) is 2.30. The van der Waals surface area contributed by atoms with E-state index in [1.807, 2.05) is 11.8 Å². The zero-order valence-electron chi connectivity index (χ0n) is 11.1. The van der Waals surface area contributed by atoms with Gasteiger partial charge in [0.05, 0.1) is 6.54 Å². The van der Waals surface area contributed by atoms with E-state index in [0.29, 0.717) is 6.54 Å². The van der Waals surface area contributed by atoms with Crippen LogP contribution in [-0.4, -0.2) is 28.6 Å². The van der Waals surface area contributed by atoms with Gasteiger partial charge in [0.15, 0.2) is 0 Å².